The van der Waals surface area contributed by atoms with Gasteiger partial charge in [0.1, 0.15) is 5.01 Å². The number of alkyl halides is 3. The molecule has 0 radical (unpaired) electrons. The Morgan fingerprint density at radius 1 is 0.963 bits per heavy atom. The van der Waals surface area contributed by atoms with Gasteiger partial charge in [-0.05, 0) is 29.3 Å². The molecule has 2 aromatic carbocycles. The van der Waals surface area contributed by atoms with Crippen LogP contribution in [-0.4, -0.2) is 19.8 Å². The number of rotatable bonds is 4. The summed E-state index contributed by atoms with van der Waals surface area (Å²) in [6.07, 6.45) is -0.467. The minimum atomic E-state index is -4.36. The molecule has 0 spiro atoms. The zero-order chi connectivity index (χ0) is 18.9. The van der Waals surface area contributed by atoms with Gasteiger partial charge >= 0.3 is 6.18 Å². The summed E-state index contributed by atoms with van der Waals surface area (Å²) in [5, 5.41) is 13.4. The van der Waals surface area contributed by atoms with E-state index in [-0.39, 0.29) is 0 Å². The monoisotopic (exact) mass is 386 g/mol. The van der Waals surface area contributed by atoms with E-state index < -0.39 is 11.7 Å². The standard InChI is InChI=1S/C19H13F3N4S/c20-19(21,22)15-8-4-7-14(11-15)9-10-17-25-26-16(23-24-18(26)27-17)12-13-5-2-1-3-6-13/h1-11H,12H2/b10-9+. The quantitative estimate of drug-likeness (QED) is 0.498. The second kappa shape index (κ2) is 6.96. The van der Waals surface area contributed by atoms with Crippen molar-refractivity contribution >= 4 is 28.4 Å². The molecule has 0 aliphatic rings. The molecule has 0 aliphatic carbocycles. The Bertz CT molecular complexity index is 1100. The molecule has 2 aromatic heterocycles. The van der Waals surface area contributed by atoms with Crippen LogP contribution in [0.3, 0.4) is 0 Å². The van der Waals surface area contributed by atoms with Crippen molar-refractivity contribution in [2.45, 2.75) is 12.6 Å². The van der Waals surface area contributed by atoms with Crippen LogP contribution < -0.4 is 0 Å². The van der Waals surface area contributed by atoms with Crippen molar-refractivity contribution in [3.05, 3.63) is 82.1 Å². The Morgan fingerprint density at radius 2 is 1.78 bits per heavy atom. The fraction of sp³-hybridized carbons (Fsp3) is 0.105. The van der Waals surface area contributed by atoms with Gasteiger partial charge in [0.15, 0.2) is 5.82 Å². The molecular formula is C19H13F3N4S. The smallest absolute Gasteiger partial charge is 0.187 e. The molecule has 0 saturated carbocycles. The van der Waals surface area contributed by atoms with Gasteiger partial charge < -0.3 is 0 Å². The molecule has 136 valence electrons. The summed E-state index contributed by atoms with van der Waals surface area (Å²) >= 11 is 1.33. The molecule has 0 fully saturated rings. The summed E-state index contributed by atoms with van der Waals surface area (Å²) in [7, 11) is 0. The van der Waals surface area contributed by atoms with Gasteiger partial charge in [0.2, 0.25) is 4.96 Å². The van der Waals surface area contributed by atoms with Gasteiger partial charge in [0.05, 0.1) is 5.56 Å². The van der Waals surface area contributed by atoms with E-state index in [0.29, 0.717) is 27.8 Å². The Morgan fingerprint density at radius 3 is 2.56 bits per heavy atom. The van der Waals surface area contributed by atoms with Gasteiger partial charge in [-0.15, -0.1) is 10.2 Å². The van der Waals surface area contributed by atoms with Crippen molar-refractivity contribution in [2.75, 3.05) is 0 Å². The van der Waals surface area contributed by atoms with Gasteiger partial charge in [-0.3, -0.25) is 0 Å². The number of fused-ring (bicyclic) bond motifs is 1. The van der Waals surface area contributed by atoms with E-state index in [1.165, 1.54) is 17.4 Å². The Labute approximate surface area is 156 Å². The summed E-state index contributed by atoms with van der Waals surface area (Å²) in [6, 6.07) is 15.0. The highest BCUT2D eigenvalue weighted by atomic mass is 32.1. The molecule has 0 saturated heterocycles. The van der Waals surface area contributed by atoms with Crippen LogP contribution in [0.5, 0.6) is 0 Å². The highest BCUT2D eigenvalue weighted by Gasteiger charge is 2.30. The average molecular weight is 386 g/mol. The molecule has 0 unspecified atom stereocenters. The maximum atomic E-state index is 12.8. The van der Waals surface area contributed by atoms with Crippen molar-refractivity contribution in [2.24, 2.45) is 0 Å². The van der Waals surface area contributed by atoms with Crippen LogP contribution in [-0.2, 0) is 12.6 Å². The van der Waals surface area contributed by atoms with Crippen molar-refractivity contribution in [1.29, 1.82) is 0 Å². The Hall–Kier alpha value is -3.00. The third kappa shape index (κ3) is 3.90. The summed E-state index contributed by atoms with van der Waals surface area (Å²) < 4.78 is 40.1. The Kier molecular flexibility index (Phi) is 4.49. The predicted octanol–water partition coefficient (Wildman–Crippen LogP) is 4.97. The van der Waals surface area contributed by atoms with Crippen molar-refractivity contribution in [1.82, 2.24) is 19.8 Å². The highest BCUT2D eigenvalue weighted by Crippen LogP contribution is 2.30. The van der Waals surface area contributed by atoms with Crippen molar-refractivity contribution in [3.8, 4) is 0 Å². The molecule has 2 heterocycles. The zero-order valence-electron chi connectivity index (χ0n) is 13.9. The van der Waals surface area contributed by atoms with Crippen molar-refractivity contribution < 1.29 is 13.2 Å². The summed E-state index contributed by atoms with van der Waals surface area (Å²) in [6.45, 7) is 0. The minimum absolute atomic E-state index is 0.459. The maximum absolute atomic E-state index is 12.8. The highest BCUT2D eigenvalue weighted by molar-refractivity contribution is 7.17. The molecule has 0 amide bonds. The lowest BCUT2D eigenvalue weighted by atomic mass is 10.1. The third-order valence-electron chi connectivity index (χ3n) is 3.91. The molecule has 4 aromatic rings. The van der Waals surface area contributed by atoms with Gasteiger partial charge in [-0.1, -0.05) is 59.9 Å². The fourth-order valence-corrected chi connectivity index (χ4v) is 3.37. The normalized spacial score (nSPS) is 12.3. The van der Waals surface area contributed by atoms with E-state index in [4.69, 9.17) is 0 Å². The number of nitrogens with zero attached hydrogens (tertiary/aromatic N) is 4. The molecule has 0 N–H and O–H groups in total. The fourth-order valence-electron chi connectivity index (χ4n) is 2.61. The van der Waals surface area contributed by atoms with E-state index >= 15 is 0 Å². The van der Waals surface area contributed by atoms with Crippen LogP contribution in [0.25, 0.3) is 17.1 Å². The van der Waals surface area contributed by atoms with Crippen molar-refractivity contribution in [3.63, 3.8) is 0 Å². The summed E-state index contributed by atoms with van der Waals surface area (Å²) in [5.41, 5.74) is 0.883. The number of hydrogen-bond acceptors (Lipinski definition) is 4. The van der Waals surface area contributed by atoms with Crippen LogP contribution in [0, 0.1) is 0 Å². The number of halogens is 3. The molecule has 4 nitrogen and oxygen atoms in total. The van der Waals surface area contributed by atoms with E-state index in [1.807, 2.05) is 30.3 Å². The largest absolute Gasteiger partial charge is 0.416 e. The summed E-state index contributed by atoms with van der Waals surface area (Å²) in [5.74, 6) is 0.714. The first-order chi connectivity index (χ1) is 13.0. The lowest BCUT2D eigenvalue weighted by Crippen LogP contribution is -2.04. The second-order valence-corrected chi connectivity index (χ2v) is 6.86. The maximum Gasteiger partial charge on any atom is 0.416 e. The number of benzene rings is 2. The molecule has 0 atom stereocenters. The zero-order valence-corrected chi connectivity index (χ0v) is 14.7. The van der Waals surface area contributed by atoms with Gasteiger partial charge in [-0.25, -0.2) is 0 Å². The van der Waals surface area contributed by atoms with Crippen LogP contribution >= 0.6 is 11.3 Å². The molecule has 0 bridgehead atoms. The Balaban J connectivity index is 1.57. The second-order valence-electron chi connectivity index (χ2n) is 5.87. The van der Waals surface area contributed by atoms with E-state index in [9.17, 15) is 13.2 Å². The van der Waals surface area contributed by atoms with Crippen LogP contribution in [0.1, 0.15) is 27.5 Å². The van der Waals surface area contributed by atoms with Crippen LogP contribution in [0.2, 0.25) is 0 Å². The summed E-state index contributed by atoms with van der Waals surface area (Å²) in [4.78, 5) is 0.643. The molecular weight excluding hydrogens is 373 g/mol. The first kappa shape index (κ1) is 17.4. The topological polar surface area (TPSA) is 43.1 Å². The molecule has 4 rings (SSSR count). The molecule has 27 heavy (non-hydrogen) atoms. The van der Waals surface area contributed by atoms with E-state index in [1.54, 1.807) is 22.7 Å². The number of hydrogen-bond donors (Lipinski definition) is 0. The minimum Gasteiger partial charge on any atom is -0.187 e. The molecule has 8 heteroatoms. The van der Waals surface area contributed by atoms with E-state index in [2.05, 4.69) is 15.3 Å². The lowest BCUT2D eigenvalue weighted by molar-refractivity contribution is -0.137. The average Bonchev–Trinajstić information content (AvgIpc) is 3.22. The van der Waals surface area contributed by atoms with Gasteiger partial charge in [-0.2, -0.15) is 22.8 Å². The third-order valence-corrected chi connectivity index (χ3v) is 4.77. The van der Waals surface area contributed by atoms with E-state index in [0.717, 1.165) is 17.7 Å². The first-order valence-corrected chi connectivity index (χ1v) is 8.91. The van der Waals surface area contributed by atoms with Crippen LogP contribution in [0.4, 0.5) is 13.2 Å². The first-order valence-electron chi connectivity index (χ1n) is 8.09. The number of aromatic nitrogens is 4. The van der Waals surface area contributed by atoms with Gasteiger partial charge in [0, 0.05) is 6.42 Å². The van der Waals surface area contributed by atoms with Gasteiger partial charge in [0.25, 0.3) is 0 Å². The molecule has 0 aliphatic heterocycles. The van der Waals surface area contributed by atoms with Crippen LogP contribution in [0.15, 0.2) is 54.6 Å². The predicted molar refractivity (Wildman–Crippen MR) is 98.3 cm³/mol. The SMILES string of the molecule is FC(F)(F)c1cccc(/C=C/c2nn3c(Cc4ccccc4)nnc3s2)c1. The lowest BCUT2D eigenvalue weighted by Gasteiger charge is -2.06.